The Bertz CT molecular complexity index is 483. The Balaban J connectivity index is 2.03. The highest BCUT2D eigenvalue weighted by Crippen LogP contribution is 2.25. The number of aromatic nitrogens is 2. The van der Waals surface area contributed by atoms with E-state index >= 15 is 0 Å². The Morgan fingerprint density at radius 2 is 2.44 bits per heavy atom. The molecule has 1 aromatic heterocycles. The van der Waals surface area contributed by atoms with Crippen LogP contribution in [0.25, 0.3) is 0 Å². The van der Waals surface area contributed by atoms with Crippen LogP contribution in [0.4, 0.5) is 5.95 Å². The highest BCUT2D eigenvalue weighted by Gasteiger charge is 2.32. The standard InChI is InChI=1S/C11H12BrN3O2S/c1-7(16)18-6-8-4-10(17)15(5-8)11-13-3-2-9(12)14-11/h2-3,8H,4-6H2,1H3. The first-order valence-corrected chi connectivity index (χ1v) is 7.26. The van der Waals surface area contributed by atoms with E-state index in [1.54, 1.807) is 17.2 Å². The molecule has 1 aromatic rings. The van der Waals surface area contributed by atoms with Gasteiger partial charge in [-0.2, -0.15) is 0 Å². The van der Waals surface area contributed by atoms with Crippen LogP contribution in [0.3, 0.4) is 0 Å². The minimum atomic E-state index is 0.0160. The second-order valence-electron chi connectivity index (χ2n) is 4.06. The summed E-state index contributed by atoms with van der Waals surface area (Å²) in [5.74, 6) is 1.30. The van der Waals surface area contributed by atoms with Crippen LogP contribution in [0.1, 0.15) is 13.3 Å². The van der Waals surface area contributed by atoms with E-state index in [0.717, 1.165) is 0 Å². The quantitative estimate of drug-likeness (QED) is 0.792. The molecular formula is C11H12BrN3O2S. The molecule has 2 rings (SSSR count). The van der Waals surface area contributed by atoms with E-state index < -0.39 is 0 Å². The molecule has 1 fully saturated rings. The Morgan fingerprint density at radius 1 is 1.67 bits per heavy atom. The SMILES string of the molecule is CC(=O)SCC1CC(=O)N(c2nccc(Br)n2)C1. The molecule has 1 unspecified atom stereocenters. The van der Waals surface area contributed by atoms with E-state index in [4.69, 9.17) is 0 Å². The third-order valence-corrected chi connectivity index (χ3v) is 4.06. The lowest BCUT2D eigenvalue weighted by molar-refractivity contribution is -0.117. The zero-order valence-electron chi connectivity index (χ0n) is 9.80. The fourth-order valence-electron chi connectivity index (χ4n) is 1.78. The zero-order chi connectivity index (χ0) is 13.1. The van der Waals surface area contributed by atoms with E-state index in [2.05, 4.69) is 25.9 Å². The van der Waals surface area contributed by atoms with E-state index in [1.165, 1.54) is 18.7 Å². The molecule has 0 spiro atoms. The molecule has 18 heavy (non-hydrogen) atoms. The van der Waals surface area contributed by atoms with E-state index in [0.29, 0.717) is 29.3 Å². The number of thioether (sulfide) groups is 1. The molecule has 1 amide bonds. The summed E-state index contributed by atoms with van der Waals surface area (Å²) in [5.41, 5.74) is 0. The number of carbonyl (C=O) groups is 2. The second kappa shape index (κ2) is 5.79. The average Bonchev–Trinajstić information content (AvgIpc) is 2.68. The summed E-state index contributed by atoms with van der Waals surface area (Å²) < 4.78 is 0.655. The summed E-state index contributed by atoms with van der Waals surface area (Å²) in [6.07, 6.45) is 2.06. The molecule has 2 heterocycles. The van der Waals surface area contributed by atoms with Crippen LogP contribution in [-0.2, 0) is 9.59 Å². The predicted molar refractivity (Wildman–Crippen MR) is 73.3 cm³/mol. The molecule has 0 saturated carbocycles. The van der Waals surface area contributed by atoms with Crippen LogP contribution in [0, 0.1) is 5.92 Å². The third-order valence-electron chi connectivity index (χ3n) is 2.58. The third kappa shape index (κ3) is 3.29. The zero-order valence-corrected chi connectivity index (χ0v) is 12.2. The molecule has 0 N–H and O–H groups in total. The lowest BCUT2D eigenvalue weighted by Crippen LogP contribution is -2.26. The monoisotopic (exact) mass is 329 g/mol. The summed E-state index contributed by atoms with van der Waals surface area (Å²) in [6.45, 7) is 2.12. The van der Waals surface area contributed by atoms with Gasteiger partial charge in [0.2, 0.25) is 11.9 Å². The fraction of sp³-hybridized carbons (Fsp3) is 0.455. The Kier molecular flexibility index (Phi) is 4.34. The molecule has 1 saturated heterocycles. The molecular weight excluding hydrogens is 318 g/mol. The normalized spacial score (nSPS) is 19.3. The molecule has 5 nitrogen and oxygen atoms in total. The van der Waals surface area contributed by atoms with Crippen molar-refractivity contribution >= 4 is 44.7 Å². The molecule has 0 radical (unpaired) electrons. The number of amides is 1. The largest absolute Gasteiger partial charge is 0.288 e. The maximum atomic E-state index is 11.9. The van der Waals surface area contributed by atoms with Crippen LogP contribution >= 0.6 is 27.7 Å². The lowest BCUT2D eigenvalue weighted by Gasteiger charge is -2.14. The van der Waals surface area contributed by atoms with Gasteiger partial charge in [-0.1, -0.05) is 11.8 Å². The van der Waals surface area contributed by atoms with Crippen molar-refractivity contribution in [3.05, 3.63) is 16.9 Å². The molecule has 1 aliphatic heterocycles. The van der Waals surface area contributed by atoms with Crippen LogP contribution in [0.5, 0.6) is 0 Å². The average molecular weight is 330 g/mol. The summed E-state index contributed by atoms with van der Waals surface area (Å²) in [7, 11) is 0. The van der Waals surface area contributed by atoms with Gasteiger partial charge in [0.15, 0.2) is 5.12 Å². The minimum Gasteiger partial charge on any atom is -0.288 e. The summed E-state index contributed by atoms with van der Waals surface area (Å²) in [4.78, 5) is 32.6. The van der Waals surface area contributed by atoms with Gasteiger partial charge in [0, 0.05) is 31.8 Å². The lowest BCUT2D eigenvalue weighted by atomic mass is 10.1. The highest BCUT2D eigenvalue weighted by molar-refractivity contribution is 9.10. The Morgan fingerprint density at radius 3 is 3.11 bits per heavy atom. The van der Waals surface area contributed by atoms with Crippen molar-refractivity contribution in [2.75, 3.05) is 17.2 Å². The maximum Gasteiger partial charge on any atom is 0.233 e. The number of nitrogens with zero attached hydrogens (tertiary/aromatic N) is 3. The fourth-order valence-corrected chi connectivity index (χ4v) is 2.75. The molecule has 1 atom stereocenters. The van der Waals surface area contributed by atoms with Crippen molar-refractivity contribution in [3.63, 3.8) is 0 Å². The second-order valence-corrected chi connectivity index (χ2v) is 6.07. The van der Waals surface area contributed by atoms with Crippen molar-refractivity contribution in [1.82, 2.24) is 9.97 Å². The van der Waals surface area contributed by atoms with E-state index in [9.17, 15) is 9.59 Å². The van der Waals surface area contributed by atoms with Gasteiger partial charge in [-0.15, -0.1) is 0 Å². The van der Waals surface area contributed by atoms with Crippen LogP contribution < -0.4 is 4.90 Å². The first kappa shape index (κ1) is 13.5. The smallest absolute Gasteiger partial charge is 0.233 e. The topological polar surface area (TPSA) is 63.2 Å². The molecule has 96 valence electrons. The maximum absolute atomic E-state index is 11.9. The number of rotatable bonds is 3. The van der Waals surface area contributed by atoms with Crippen molar-refractivity contribution in [1.29, 1.82) is 0 Å². The van der Waals surface area contributed by atoms with Gasteiger partial charge in [-0.25, -0.2) is 9.97 Å². The van der Waals surface area contributed by atoms with Gasteiger partial charge in [0.25, 0.3) is 0 Å². The predicted octanol–water partition coefficient (Wildman–Crippen LogP) is 1.87. The van der Waals surface area contributed by atoms with Crippen molar-refractivity contribution in [2.45, 2.75) is 13.3 Å². The minimum absolute atomic E-state index is 0.0160. The van der Waals surface area contributed by atoms with Gasteiger partial charge in [-0.05, 0) is 27.9 Å². The highest BCUT2D eigenvalue weighted by atomic mass is 79.9. The summed E-state index contributed by atoms with van der Waals surface area (Å²) in [5, 5.41) is 0.0830. The van der Waals surface area contributed by atoms with E-state index in [-0.39, 0.29) is 16.9 Å². The molecule has 0 bridgehead atoms. The number of hydrogen-bond acceptors (Lipinski definition) is 5. The number of anilines is 1. The van der Waals surface area contributed by atoms with Gasteiger partial charge in [0.1, 0.15) is 4.60 Å². The first-order chi connectivity index (χ1) is 8.56. The Hall–Kier alpha value is -0.950. The molecule has 7 heteroatoms. The first-order valence-electron chi connectivity index (χ1n) is 5.48. The number of carbonyl (C=O) groups excluding carboxylic acids is 2. The van der Waals surface area contributed by atoms with Gasteiger partial charge in [-0.3, -0.25) is 14.5 Å². The van der Waals surface area contributed by atoms with Crippen LogP contribution in [-0.4, -0.2) is 33.3 Å². The number of hydrogen-bond donors (Lipinski definition) is 0. The summed E-state index contributed by atoms with van der Waals surface area (Å²) in [6, 6.07) is 1.72. The van der Waals surface area contributed by atoms with Crippen LogP contribution in [0.2, 0.25) is 0 Å². The van der Waals surface area contributed by atoms with Crippen molar-refractivity contribution < 1.29 is 9.59 Å². The molecule has 1 aliphatic rings. The molecule has 0 aromatic carbocycles. The summed E-state index contributed by atoms with van der Waals surface area (Å²) >= 11 is 4.52. The van der Waals surface area contributed by atoms with Crippen molar-refractivity contribution in [3.8, 4) is 0 Å². The molecule has 0 aliphatic carbocycles. The van der Waals surface area contributed by atoms with Crippen LogP contribution in [0.15, 0.2) is 16.9 Å². The van der Waals surface area contributed by atoms with Crippen molar-refractivity contribution in [2.24, 2.45) is 5.92 Å². The van der Waals surface area contributed by atoms with E-state index in [1.807, 2.05) is 0 Å². The number of halogens is 1. The Labute approximate surface area is 117 Å². The van der Waals surface area contributed by atoms with Gasteiger partial charge in [0.05, 0.1) is 0 Å². The van der Waals surface area contributed by atoms with Gasteiger partial charge < -0.3 is 0 Å². The van der Waals surface area contributed by atoms with Gasteiger partial charge >= 0.3 is 0 Å².